The van der Waals surface area contributed by atoms with E-state index in [4.69, 9.17) is 0 Å². The van der Waals surface area contributed by atoms with E-state index in [2.05, 4.69) is 10.1 Å². The molecule has 0 radical (unpaired) electrons. The molecule has 1 N–H and O–H groups in total. The van der Waals surface area contributed by atoms with E-state index in [-0.39, 0.29) is 12.1 Å². The highest BCUT2D eigenvalue weighted by molar-refractivity contribution is 5.21. The second kappa shape index (κ2) is 5.06. The SMILES string of the molecule is O=[N+]([O-])c1ncn(CC(O)c2cc(F)ccc2F)n1. The van der Waals surface area contributed by atoms with Gasteiger partial charge in [0, 0.05) is 10.7 Å². The Morgan fingerprint density at radius 2 is 2.21 bits per heavy atom. The number of hydrogen-bond acceptors (Lipinski definition) is 5. The molecule has 1 unspecified atom stereocenters. The van der Waals surface area contributed by atoms with E-state index in [1.807, 2.05) is 0 Å². The first kappa shape index (κ1) is 13.0. The number of hydrogen-bond donors (Lipinski definition) is 1. The summed E-state index contributed by atoms with van der Waals surface area (Å²) in [5, 5.41) is 23.6. The fourth-order valence-corrected chi connectivity index (χ4v) is 1.50. The average molecular weight is 270 g/mol. The highest BCUT2D eigenvalue weighted by Crippen LogP contribution is 2.19. The molecule has 0 amide bonds. The highest BCUT2D eigenvalue weighted by atomic mass is 19.1. The maximum atomic E-state index is 13.4. The van der Waals surface area contributed by atoms with E-state index in [0.29, 0.717) is 0 Å². The van der Waals surface area contributed by atoms with E-state index < -0.39 is 28.6 Å². The van der Waals surface area contributed by atoms with Gasteiger partial charge in [0.2, 0.25) is 6.33 Å². The van der Waals surface area contributed by atoms with E-state index in [0.717, 1.165) is 29.2 Å². The van der Waals surface area contributed by atoms with Crippen molar-refractivity contribution in [2.45, 2.75) is 12.6 Å². The van der Waals surface area contributed by atoms with Crippen molar-refractivity contribution in [2.24, 2.45) is 0 Å². The molecule has 0 saturated carbocycles. The third-order valence-electron chi connectivity index (χ3n) is 2.36. The van der Waals surface area contributed by atoms with Crippen LogP contribution in [-0.2, 0) is 6.54 Å². The Morgan fingerprint density at radius 1 is 1.47 bits per heavy atom. The fraction of sp³-hybridized carbons (Fsp3) is 0.200. The molecule has 1 atom stereocenters. The lowest BCUT2D eigenvalue weighted by Gasteiger charge is -2.10. The van der Waals surface area contributed by atoms with Gasteiger partial charge in [0.05, 0.1) is 6.54 Å². The number of benzene rings is 1. The Labute approximate surface area is 105 Å². The van der Waals surface area contributed by atoms with Crippen LogP contribution in [0.5, 0.6) is 0 Å². The summed E-state index contributed by atoms with van der Waals surface area (Å²) in [5.74, 6) is -2.10. The molecule has 0 aliphatic rings. The van der Waals surface area contributed by atoms with Crippen LogP contribution in [0.4, 0.5) is 14.7 Å². The summed E-state index contributed by atoms with van der Waals surface area (Å²) >= 11 is 0. The standard InChI is InChI=1S/C10H8F2N4O3/c11-6-1-2-8(12)7(3-6)9(17)4-15-5-13-10(14-15)16(18)19/h1-3,5,9,17H,4H2. The minimum atomic E-state index is -1.39. The molecule has 0 fully saturated rings. The summed E-state index contributed by atoms with van der Waals surface area (Å²) < 4.78 is 27.3. The molecule has 100 valence electrons. The van der Waals surface area contributed by atoms with Gasteiger partial charge in [-0.2, -0.15) is 4.68 Å². The smallest absolute Gasteiger partial charge is 0.390 e. The monoisotopic (exact) mass is 270 g/mol. The van der Waals surface area contributed by atoms with Gasteiger partial charge in [-0.05, 0) is 23.1 Å². The van der Waals surface area contributed by atoms with E-state index in [1.54, 1.807) is 0 Å². The van der Waals surface area contributed by atoms with Crippen molar-refractivity contribution >= 4 is 5.95 Å². The van der Waals surface area contributed by atoms with Gasteiger partial charge in [-0.25, -0.2) is 8.78 Å². The summed E-state index contributed by atoms with van der Waals surface area (Å²) in [6, 6.07) is 2.66. The Balaban J connectivity index is 2.17. The minimum Gasteiger partial charge on any atom is -0.390 e. The lowest BCUT2D eigenvalue weighted by Crippen LogP contribution is -2.11. The van der Waals surface area contributed by atoms with Gasteiger partial charge >= 0.3 is 5.95 Å². The zero-order chi connectivity index (χ0) is 14.0. The molecule has 0 spiro atoms. The first-order valence-corrected chi connectivity index (χ1v) is 5.14. The highest BCUT2D eigenvalue weighted by Gasteiger charge is 2.19. The van der Waals surface area contributed by atoms with E-state index >= 15 is 0 Å². The molecular formula is C10H8F2N4O3. The van der Waals surface area contributed by atoms with Gasteiger partial charge in [-0.3, -0.25) is 0 Å². The zero-order valence-electron chi connectivity index (χ0n) is 9.40. The molecule has 0 saturated heterocycles. The van der Waals surface area contributed by atoms with Gasteiger partial charge < -0.3 is 15.2 Å². The predicted octanol–water partition coefficient (Wildman–Crippen LogP) is 1.20. The summed E-state index contributed by atoms with van der Waals surface area (Å²) in [7, 11) is 0. The average Bonchev–Trinajstić information content (AvgIpc) is 2.80. The van der Waals surface area contributed by atoms with Crippen LogP contribution >= 0.6 is 0 Å². The number of rotatable bonds is 4. The zero-order valence-corrected chi connectivity index (χ0v) is 9.40. The van der Waals surface area contributed by atoms with Crippen molar-refractivity contribution in [3.63, 3.8) is 0 Å². The third-order valence-corrected chi connectivity index (χ3v) is 2.36. The summed E-state index contributed by atoms with van der Waals surface area (Å²) in [5.41, 5.74) is -0.252. The molecule has 9 heteroatoms. The Morgan fingerprint density at radius 3 is 2.84 bits per heavy atom. The van der Waals surface area contributed by atoms with Gasteiger partial charge in [-0.15, -0.1) is 0 Å². The van der Waals surface area contributed by atoms with Crippen LogP contribution in [0.1, 0.15) is 11.7 Å². The second-order valence-electron chi connectivity index (χ2n) is 3.71. The first-order valence-electron chi connectivity index (χ1n) is 5.14. The van der Waals surface area contributed by atoms with E-state index in [9.17, 15) is 24.0 Å². The number of nitro groups is 1. The normalized spacial score (nSPS) is 12.4. The number of aliphatic hydroxyl groups excluding tert-OH is 1. The number of nitrogens with zero attached hydrogens (tertiary/aromatic N) is 4. The molecule has 2 rings (SSSR count). The van der Waals surface area contributed by atoms with Crippen LogP contribution in [-0.4, -0.2) is 24.8 Å². The van der Waals surface area contributed by atoms with Crippen molar-refractivity contribution in [2.75, 3.05) is 0 Å². The van der Waals surface area contributed by atoms with Crippen molar-refractivity contribution in [3.8, 4) is 0 Å². The molecule has 19 heavy (non-hydrogen) atoms. The molecular weight excluding hydrogens is 262 g/mol. The first-order chi connectivity index (χ1) is 8.97. The van der Waals surface area contributed by atoms with Crippen LogP contribution in [0.2, 0.25) is 0 Å². The van der Waals surface area contributed by atoms with Crippen molar-refractivity contribution in [1.29, 1.82) is 0 Å². The van der Waals surface area contributed by atoms with Crippen LogP contribution in [0.25, 0.3) is 0 Å². The van der Waals surface area contributed by atoms with Crippen LogP contribution in [0.3, 0.4) is 0 Å². The molecule has 2 aromatic rings. The maximum absolute atomic E-state index is 13.4. The predicted molar refractivity (Wildman–Crippen MR) is 58.0 cm³/mol. The number of halogens is 2. The molecule has 0 aliphatic heterocycles. The van der Waals surface area contributed by atoms with Crippen LogP contribution in [0, 0.1) is 21.7 Å². The van der Waals surface area contributed by atoms with Gasteiger partial charge in [-0.1, -0.05) is 4.98 Å². The third kappa shape index (κ3) is 2.88. The fourth-order valence-electron chi connectivity index (χ4n) is 1.50. The molecule has 1 aromatic heterocycles. The summed E-state index contributed by atoms with van der Waals surface area (Å²) in [4.78, 5) is 12.9. The summed E-state index contributed by atoms with van der Waals surface area (Å²) in [6.45, 7) is -0.277. The minimum absolute atomic E-state index is 0.252. The molecule has 0 bridgehead atoms. The number of aliphatic hydroxyl groups is 1. The lowest BCUT2D eigenvalue weighted by atomic mass is 10.1. The Kier molecular flexibility index (Phi) is 3.47. The van der Waals surface area contributed by atoms with Crippen molar-refractivity contribution < 1.29 is 18.8 Å². The Hall–Kier alpha value is -2.42. The van der Waals surface area contributed by atoms with Crippen LogP contribution < -0.4 is 0 Å². The van der Waals surface area contributed by atoms with Gasteiger partial charge in [0.15, 0.2) is 0 Å². The largest absolute Gasteiger partial charge is 0.490 e. The van der Waals surface area contributed by atoms with Gasteiger partial charge in [0.1, 0.15) is 17.7 Å². The summed E-state index contributed by atoms with van der Waals surface area (Å²) in [6.07, 6.45) is -0.365. The van der Waals surface area contributed by atoms with Gasteiger partial charge in [0.25, 0.3) is 0 Å². The Bertz CT molecular complexity index is 617. The lowest BCUT2D eigenvalue weighted by molar-refractivity contribution is -0.394. The van der Waals surface area contributed by atoms with E-state index in [1.165, 1.54) is 0 Å². The molecule has 0 aliphatic carbocycles. The van der Waals surface area contributed by atoms with Crippen molar-refractivity contribution in [3.05, 3.63) is 51.8 Å². The number of aromatic nitrogens is 3. The topological polar surface area (TPSA) is 94.1 Å². The quantitative estimate of drug-likeness (QED) is 0.665. The molecule has 7 nitrogen and oxygen atoms in total. The van der Waals surface area contributed by atoms with Crippen LogP contribution in [0.15, 0.2) is 24.5 Å². The second-order valence-corrected chi connectivity index (χ2v) is 3.71. The van der Waals surface area contributed by atoms with Crippen molar-refractivity contribution in [1.82, 2.24) is 14.8 Å². The maximum Gasteiger partial charge on any atom is 0.490 e. The molecule has 1 aromatic carbocycles. The molecule has 1 heterocycles.